The van der Waals surface area contributed by atoms with Crippen LogP contribution in [0.1, 0.15) is 26.3 Å². The summed E-state index contributed by atoms with van der Waals surface area (Å²) in [4.78, 5) is 18.1. The van der Waals surface area contributed by atoms with Crippen LogP contribution in [0.2, 0.25) is 0 Å². The topological polar surface area (TPSA) is 107 Å². The maximum absolute atomic E-state index is 11.1. The van der Waals surface area contributed by atoms with E-state index in [0.29, 0.717) is 0 Å². The van der Waals surface area contributed by atoms with Crippen LogP contribution in [0.3, 0.4) is 0 Å². The Kier molecular flexibility index (Phi) is 3.75. The molecule has 2 rings (SSSR count). The zero-order chi connectivity index (χ0) is 15.6. The van der Waals surface area contributed by atoms with Gasteiger partial charge in [0.25, 0.3) is 0 Å². The van der Waals surface area contributed by atoms with E-state index < -0.39 is 4.92 Å². The van der Waals surface area contributed by atoms with Crippen molar-refractivity contribution in [2.24, 2.45) is 0 Å². The Bertz CT molecular complexity index is 679. The lowest BCUT2D eigenvalue weighted by Gasteiger charge is -2.23. The van der Waals surface area contributed by atoms with E-state index in [0.717, 1.165) is 11.3 Å². The summed E-state index contributed by atoms with van der Waals surface area (Å²) in [6.07, 6.45) is 1.20. The molecule has 0 saturated heterocycles. The van der Waals surface area contributed by atoms with Crippen LogP contribution in [-0.2, 0) is 5.41 Å². The van der Waals surface area contributed by atoms with Crippen molar-refractivity contribution in [3.63, 3.8) is 0 Å². The molecule has 110 valence electrons. The van der Waals surface area contributed by atoms with Gasteiger partial charge in [0.15, 0.2) is 0 Å². The average molecular weight is 287 g/mol. The Morgan fingerprint density at radius 3 is 2.52 bits per heavy atom. The highest BCUT2D eigenvalue weighted by Gasteiger charge is 2.23. The molecule has 0 aliphatic carbocycles. The molecule has 0 saturated carbocycles. The fourth-order valence-electron chi connectivity index (χ4n) is 2.04. The zero-order valence-electron chi connectivity index (χ0n) is 12.1. The number of benzene rings is 1. The van der Waals surface area contributed by atoms with Gasteiger partial charge in [0.2, 0.25) is 11.6 Å². The zero-order valence-corrected chi connectivity index (χ0v) is 12.1. The van der Waals surface area contributed by atoms with Crippen LogP contribution in [-0.4, -0.2) is 14.9 Å². The number of hydrogen-bond donors (Lipinski definition) is 2. The number of nitrogens with one attached hydrogen (secondary N) is 1. The van der Waals surface area contributed by atoms with Crippen LogP contribution in [0, 0.1) is 10.1 Å². The third kappa shape index (κ3) is 3.07. The monoisotopic (exact) mass is 287 g/mol. The summed E-state index contributed by atoms with van der Waals surface area (Å²) in [6, 6.07) is 7.60. The Hall–Kier alpha value is -2.70. The molecule has 0 fully saturated rings. The van der Waals surface area contributed by atoms with Crippen LogP contribution < -0.4 is 11.1 Å². The van der Waals surface area contributed by atoms with E-state index in [-0.39, 0.29) is 22.7 Å². The van der Waals surface area contributed by atoms with Crippen LogP contribution in [0.4, 0.5) is 23.0 Å². The summed E-state index contributed by atoms with van der Waals surface area (Å²) in [7, 11) is 0. The molecule has 1 aromatic carbocycles. The molecule has 3 N–H and O–H groups in total. The predicted octanol–water partition coefficient (Wildman–Crippen LogP) is 3.01. The summed E-state index contributed by atoms with van der Waals surface area (Å²) in [5, 5.41) is 14.1. The number of para-hydroxylation sites is 1. The SMILES string of the molecule is CC(C)(C)c1ccccc1Nc1ncnc(N)c1[N+](=O)[O-]. The van der Waals surface area contributed by atoms with E-state index >= 15 is 0 Å². The van der Waals surface area contributed by atoms with Crippen LogP contribution in [0.5, 0.6) is 0 Å². The van der Waals surface area contributed by atoms with Crippen LogP contribution in [0.25, 0.3) is 0 Å². The summed E-state index contributed by atoms with van der Waals surface area (Å²) in [5.74, 6) is -0.0741. The molecule has 0 amide bonds. The minimum Gasteiger partial charge on any atom is -0.378 e. The van der Waals surface area contributed by atoms with Crippen molar-refractivity contribution in [1.29, 1.82) is 0 Å². The molecule has 0 aliphatic rings. The highest BCUT2D eigenvalue weighted by molar-refractivity contribution is 5.74. The van der Waals surface area contributed by atoms with E-state index in [1.54, 1.807) is 0 Å². The van der Waals surface area contributed by atoms with Crippen molar-refractivity contribution in [2.45, 2.75) is 26.2 Å². The Morgan fingerprint density at radius 2 is 1.90 bits per heavy atom. The molecule has 0 bridgehead atoms. The van der Waals surface area contributed by atoms with Gasteiger partial charge in [0, 0.05) is 5.69 Å². The summed E-state index contributed by atoms with van der Waals surface area (Å²) < 4.78 is 0. The van der Waals surface area contributed by atoms with Gasteiger partial charge in [-0.2, -0.15) is 0 Å². The lowest BCUT2D eigenvalue weighted by Crippen LogP contribution is -2.14. The number of anilines is 3. The number of nitrogens with zero attached hydrogens (tertiary/aromatic N) is 3. The second-order valence-corrected chi connectivity index (χ2v) is 5.63. The lowest BCUT2D eigenvalue weighted by atomic mass is 9.86. The van der Waals surface area contributed by atoms with Gasteiger partial charge in [0.1, 0.15) is 6.33 Å². The molecule has 0 aliphatic heterocycles. The molecule has 1 aromatic heterocycles. The number of nitrogen functional groups attached to an aromatic ring is 1. The van der Waals surface area contributed by atoms with Crippen LogP contribution in [0.15, 0.2) is 30.6 Å². The standard InChI is InChI=1S/C14H17N5O2/c1-14(2,3)9-6-4-5-7-10(9)18-13-11(19(20)21)12(15)16-8-17-13/h4-8H,1-3H3,(H3,15,16,17,18). The van der Waals surface area contributed by atoms with E-state index in [9.17, 15) is 10.1 Å². The van der Waals surface area contributed by atoms with Crippen molar-refractivity contribution in [1.82, 2.24) is 9.97 Å². The fourth-order valence-corrected chi connectivity index (χ4v) is 2.04. The van der Waals surface area contributed by atoms with Crippen molar-refractivity contribution in [3.8, 4) is 0 Å². The Labute approximate surface area is 122 Å². The van der Waals surface area contributed by atoms with E-state index in [4.69, 9.17) is 5.73 Å². The van der Waals surface area contributed by atoms with E-state index in [1.165, 1.54) is 6.33 Å². The van der Waals surface area contributed by atoms with Crippen molar-refractivity contribution in [3.05, 3.63) is 46.3 Å². The molecule has 0 atom stereocenters. The molecule has 2 aromatic rings. The van der Waals surface area contributed by atoms with Gasteiger partial charge < -0.3 is 11.1 Å². The quantitative estimate of drug-likeness (QED) is 0.663. The lowest BCUT2D eigenvalue weighted by molar-refractivity contribution is -0.383. The maximum Gasteiger partial charge on any atom is 0.353 e. The first-order valence-electron chi connectivity index (χ1n) is 6.42. The number of rotatable bonds is 3. The van der Waals surface area contributed by atoms with Gasteiger partial charge in [0.05, 0.1) is 4.92 Å². The van der Waals surface area contributed by atoms with E-state index in [1.807, 2.05) is 24.3 Å². The smallest absolute Gasteiger partial charge is 0.353 e. The molecular formula is C14H17N5O2. The molecular weight excluding hydrogens is 270 g/mol. The third-order valence-electron chi connectivity index (χ3n) is 3.02. The number of aromatic nitrogens is 2. The fraction of sp³-hybridized carbons (Fsp3) is 0.286. The molecule has 1 heterocycles. The minimum atomic E-state index is -0.586. The second kappa shape index (κ2) is 5.35. The summed E-state index contributed by atoms with van der Waals surface area (Å²) >= 11 is 0. The van der Waals surface area contributed by atoms with Crippen molar-refractivity contribution >= 4 is 23.0 Å². The van der Waals surface area contributed by atoms with E-state index in [2.05, 4.69) is 36.1 Å². The van der Waals surface area contributed by atoms with Gasteiger partial charge in [-0.15, -0.1) is 0 Å². The normalized spacial score (nSPS) is 11.2. The summed E-state index contributed by atoms with van der Waals surface area (Å²) in [6.45, 7) is 6.20. The first-order valence-corrected chi connectivity index (χ1v) is 6.42. The highest BCUT2D eigenvalue weighted by atomic mass is 16.6. The first kappa shape index (κ1) is 14.7. The Morgan fingerprint density at radius 1 is 1.24 bits per heavy atom. The van der Waals surface area contributed by atoms with Crippen molar-refractivity contribution < 1.29 is 4.92 Å². The minimum absolute atomic E-state index is 0.0872. The number of nitro groups is 1. The largest absolute Gasteiger partial charge is 0.378 e. The van der Waals surface area contributed by atoms with Gasteiger partial charge >= 0.3 is 5.69 Å². The third-order valence-corrected chi connectivity index (χ3v) is 3.02. The van der Waals surface area contributed by atoms with Gasteiger partial charge in [-0.3, -0.25) is 10.1 Å². The molecule has 0 unspecified atom stereocenters. The number of nitrogens with two attached hydrogens (primary N) is 1. The van der Waals surface area contributed by atoms with Gasteiger partial charge in [-0.1, -0.05) is 39.0 Å². The summed E-state index contributed by atoms with van der Waals surface area (Å²) in [5.41, 5.74) is 6.91. The van der Waals surface area contributed by atoms with Gasteiger partial charge in [-0.25, -0.2) is 9.97 Å². The highest BCUT2D eigenvalue weighted by Crippen LogP contribution is 2.34. The van der Waals surface area contributed by atoms with Crippen LogP contribution >= 0.6 is 0 Å². The molecule has 7 nitrogen and oxygen atoms in total. The molecule has 7 heteroatoms. The molecule has 0 radical (unpaired) electrons. The average Bonchev–Trinajstić information content (AvgIpc) is 2.37. The second-order valence-electron chi connectivity index (χ2n) is 5.63. The number of hydrogen-bond acceptors (Lipinski definition) is 6. The predicted molar refractivity (Wildman–Crippen MR) is 81.5 cm³/mol. The first-order chi connectivity index (χ1) is 9.80. The maximum atomic E-state index is 11.1. The molecule has 21 heavy (non-hydrogen) atoms. The molecule has 0 spiro atoms. The van der Waals surface area contributed by atoms with Crippen molar-refractivity contribution in [2.75, 3.05) is 11.1 Å². The van der Waals surface area contributed by atoms with Gasteiger partial charge in [-0.05, 0) is 17.0 Å². The Balaban J connectivity index is 2.50.